The predicted octanol–water partition coefficient (Wildman–Crippen LogP) is 0.463. The third-order valence-corrected chi connectivity index (χ3v) is 2.88. The van der Waals surface area contributed by atoms with Crippen LogP contribution in [0.3, 0.4) is 0 Å². The Morgan fingerprint density at radius 3 is 3.00 bits per heavy atom. The molecule has 1 aliphatic rings. The van der Waals surface area contributed by atoms with Gasteiger partial charge in [0.1, 0.15) is 0 Å². The molecule has 4 nitrogen and oxygen atoms in total. The third-order valence-electron chi connectivity index (χ3n) is 2.09. The van der Waals surface area contributed by atoms with Gasteiger partial charge in [0.25, 0.3) is 0 Å². The van der Waals surface area contributed by atoms with Crippen molar-refractivity contribution < 1.29 is 9.53 Å². The largest absolute Gasteiger partial charge is 0.379 e. The Morgan fingerprint density at radius 1 is 1.50 bits per heavy atom. The highest BCUT2D eigenvalue weighted by Crippen LogP contribution is 2.05. The van der Waals surface area contributed by atoms with Gasteiger partial charge in [-0.15, -0.1) is 11.3 Å². The molecule has 2 heterocycles. The first-order valence-corrected chi connectivity index (χ1v) is 5.91. The molecule has 0 unspecified atom stereocenters. The Kier molecular flexibility index (Phi) is 3.94. The normalized spacial score (nSPS) is 16.2. The van der Waals surface area contributed by atoms with Crippen LogP contribution in [0.2, 0.25) is 0 Å². The monoisotopic (exact) mass is 236 g/mol. The summed E-state index contributed by atoms with van der Waals surface area (Å²) in [4.78, 5) is 12.3. The van der Waals surface area contributed by atoms with Crippen molar-refractivity contribution in [2.24, 2.45) is 0 Å². The molecule has 16 heavy (non-hydrogen) atoms. The second kappa shape index (κ2) is 5.66. The molecule has 2 rings (SSSR count). The first kappa shape index (κ1) is 11.1. The van der Waals surface area contributed by atoms with Crippen LogP contribution < -0.4 is 5.43 Å². The summed E-state index contributed by atoms with van der Waals surface area (Å²) in [6, 6.07) is 3.80. The Hall–Kier alpha value is -1.35. The Labute approximate surface area is 98.2 Å². The number of rotatable bonds is 1. The smallest absolute Gasteiger partial charge is 0.310 e. The lowest BCUT2D eigenvalue weighted by Gasteiger charge is -2.25. The molecular formula is C11H12N2O2S. The highest BCUT2D eigenvalue weighted by atomic mass is 32.1. The van der Waals surface area contributed by atoms with Gasteiger partial charge in [0.2, 0.25) is 0 Å². The summed E-state index contributed by atoms with van der Waals surface area (Å²) in [5.41, 5.74) is 2.73. The second-order valence-corrected chi connectivity index (χ2v) is 4.22. The average molecular weight is 236 g/mol. The molecule has 0 saturated carbocycles. The first-order chi connectivity index (χ1) is 7.84. The van der Waals surface area contributed by atoms with E-state index in [1.165, 1.54) is 11.3 Å². The average Bonchev–Trinajstić information content (AvgIpc) is 2.81. The molecule has 1 N–H and O–H groups in total. The molecule has 5 heteroatoms. The molecule has 0 spiro atoms. The van der Waals surface area contributed by atoms with Crippen LogP contribution in [0.5, 0.6) is 0 Å². The molecule has 1 amide bonds. The molecule has 0 atom stereocenters. The van der Waals surface area contributed by atoms with E-state index >= 15 is 0 Å². The zero-order valence-electron chi connectivity index (χ0n) is 8.73. The number of ether oxygens (including phenoxy) is 1. The molecular weight excluding hydrogens is 224 g/mol. The molecule has 1 saturated heterocycles. The summed E-state index contributed by atoms with van der Waals surface area (Å²) in [6.07, 6.45) is 0. The number of amides is 1. The number of nitrogens with zero attached hydrogens (tertiary/aromatic N) is 1. The molecule has 1 aromatic heterocycles. The van der Waals surface area contributed by atoms with Crippen molar-refractivity contribution in [2.75, 3.05) is 26.3 Å². The van der Waals surface area contributed by atoms with Gasteiger partial charge >= 0.3 is 5.91 Å². The molecule has 0 bridgehead atoms. The maximum atomic E-state index is 11.4. The van der Waals surface area contributed by atoms with Crippen LogP contribution in [0.4, 0.5) is 0 Å². The molecule has 0 aliphatic carbocycles. The molecule has 1 fully saturated rings. The summed E-state index contributed by atoms with van der Waals surface area (Å²) in [5, 5.41) is 3.76. The van der Waals surface area contributed by atoms with Crippen LogP contribution in [-0.2, 0) is 9.53 Å². The van der Waals surface area contributed by atoms with Crippen molar-refractivity contribution in [2.45, 2.75) is 0 Å². The minimum Gasteiger partial charge on any atom is -0.379 e. The maximum absolute atomic E-state index is 11.4. The van der Waals surface area contributed by atoms with Gasteiger partial charge in [-0.2, -0.15) is 0 Å². The third kappa shape index (κ3) is 3.35. The fraction of sp³-hybridized carbons (Fsp3) is 0.364. The van der Waals surface area contributed by atoms with Gasteiger partial charge in [0.15, 0.2) is 0 Å². The minimum atomic E-state index is -0.268. The van der Waals surface area contributed by atoms with Crippen LogP contribution in [0.15, 0.2) is 17.5 Å². The van der Waals surface area contributed by atoms with Gasteiger partial charge in [-0.25, -0.2) is 5.01 Å². The molecule has 84 valence electrons. The number of hydrogen-bond donors (Lipinski definition) is 1. The Bertz CT molecular complexity index is 399. The summed E-state index contributed by atoms with van der Waals surface area (Å²) in [6.45, 7) is 2.73. The number of carbonyl (C=O) groups excluding carboxylic acids is 1. The predicted molar refractivity (Wildman–Crippen MR) is 61.7 cm³/mol. The number of carbonyl (C=O) groups is 1. The van der Waals surface area contributed by atoms with Crippen molar-refractivity contribution in [3.63, 3.8) is 0 Å². The highest BCUT2D eigenvalue weighted by molar-refractivity contribution is 7.10. The van der Waals surface area contributed by atoms with E-state index < -0.39 is 0 Å². The van der Waals surface area contributed by atoms with E-state index in [-0.39, 0.29) is 5.91 Å². The van der Waals surface area contributed by atoms with Gasteiger partial charge in [-0.3, -0.25) is 10.2 Å². The fourth-order valence-electron chi connectivity index (χ4n) is 1.31. The number of morpholine rings is 1. The summed E-state index contributed by atoms with van der Waals surface area (Å²) >= 11 is 1.52. The van der Waals surface area contributed by atoms with E-state index in [4.69, 9.17) is 4.74 Å². The maximum Gasteiger partial charge on any atom is 0.310 e. The van der Waals surface area contributed by atoms with Gasteiger partial charge < -0.3 is 4.74 Å². The Morgan fingerprint density at radius 2 is 2.31 bits per heavy atom. The van der Waals surface area contributed by atoms with Crippen molar-refractivity contribution in [3.05, 3.63) is 22.4 Å². The Balaban J connectivity index is 1.83. The molecule has 1 aromatic rings. The van der Waals surface area contributed by atoms with E-state index in [9.17, 15) is 4.79 Å². The SMILES string of the molecule is O=C(C#Cc1cccs1)NN1CCOCC1. The van der Waals surface area contributed by atoms with E-state index in [0.717, 1.165) is 4.88 Å². The van der Waals surface area contributed by atoms with Crippen LogP contribution in [0, 0.1) is 11.8 Å². The number of hydrogen-bond acceptors (Lipinski definition) is 4. The topological polar surface area (TPSA) is 41.6 Å². The van der Waals surface area contributed by atoms with Crippen molar-refractivity contribution in [1.82, 2.24) is 10.4 Å². The van der Waals surface area contributed by atoms with Gasteiger partial charge in [0, 0.05) is 19.0 Å². The molecule has 0 radical (unpaired) electrons. The van der Waals surface area contributed by atoms with Crippen molar-refractivity contribution in [3.8, 4) is 11.8 Å². The fourth-order valence-corrected chi connectivity index (χ4v) is 1.89. The quantitative estimate of drug-likeness (QED) is 0.720. The zero-order chi connectivity index (χ0) is 11.2. The van der Waals surface area contributed by atoms with E-state index in [2.05, 4.69) is 17.3 Å². The standard InChI is InChI=1S/C11H12N2O2S/c14-11(4-3-10-2-1-9-16-10)12-13-5-7-15-8-6-13/h1-2,9H,5-8H2,(H,12,14). The van der Waals surface area contributed by atoms with E-state index in [1.807, 2.05) is 22.5 Å². The van der Waals surface area contributed by atoms with Crippen molar-refractivity contribution >= 4 is 17.2 Å². The zero-order valence-corrected chi connectivity index (χ0v) is 9.55. The lowest BCUT2D eigenvalue weighted by molar-refractivity contribution is -0.122. The first-order valence-electron chi connectivity index (χ1n) is 5.03. The minimum absolute atomic E-state index is 0.268. The van der Waals surface area contributed by atoms with Crippen LogP contribution >= 0.6 is 11.3 Å². The van der Waals surface area contributed by atoms with Crippen molar-refractivity contribution in [1.29, 1.82) is 0 Å². The van der Waals surface area contributed by atoms with Gasteiger partial charge in [-0.05, 0) is 17.4 Å². The van der Waals surface area contributed by atoms with Crippen LogP contribution in [-0.4, -0.2) is 37.2 Å². The lowest BCUT2D eigenvalue weighted by Crippen LogP contribution is -2.48. The summed E-state index contributed by atoms with van der Waals surface area (Å²) in [5.74, 6) is 5.10. The summed E-state index contributed by atoms with van der Waals surface area (Å²) in [7, 11) is 0. The second-order valence-electron chi connectivity index (χ2n) is 3.27. The van der Waals surface area contributed by atoms with Gasteiger partial charge in [0.05, 0.1) is 18.1 Å². The number of hydrazine groups is 1. The van der Waals surface area contributed by atoms with E-state index in [1.54, 1.807) is 0 Å². The molecule has 1 aliphatic heterocycles. The highest BCUT2D eigenvalue weighted by Gasteiger charge is 2.11. The van der Waals surface area contributed by atoms with Crippen LogP contribution in [0.1, 0.15) is 4.88 Å². The molecule has 0 aromatic carbocycles. The number of thiophene rings is 1. The van der Waals surface area contributed by atoms with Crippen LogP contribution in [0.25, 0.3) is 0 Å². The van der Waals surface area contributed by atoms with E-state index in [0.29, 0.717) is 26.3 Å². The number of nitrogens with one attached hydrogen (secondary N) is 1. The van der Waals surface area contributed by atoms with Gasteiger partial charge in [-0.1, -0.05) is 6.07 Å². The lowest BCUT2D eigenvalue weighted by atomic mass is 10.4. The summed E-state index contributed by atoms with van der Waals surface area (Å²) < 4.78 is 5.17.